The van der Waals surface area contributed by atoms with Crippen molar-refractivity contribution in [1.29, 1.82) is 0 Å². The van der Waals surface area contributed by atoms with Gasteiger partial charge < -0.3 is 10.1 Å². The van der Waals surface area contributed by atoms with E-state index in [1.54, 1.807) is 18.2 Å². The molecule has 0 spiro atoms. The average molecular weight is 461 g/mol. The number of alkyl halides is 3. The molecule has 0 saturated carbocycles. The van der Waals surface area contributed by atoms with Crippen molar-refractivity contribution in [1.82, 2.24) is 10.2 Å². The first-order valence-corrected chi connectivity index (χ1v) is 10.2. The Labute approximate surface area is 182 Å². The summed E-state index contributed by atoms with van der Waals surface area (Å²) >= 11 is 12.0. The summed E-state index contributed by atoms with van der Waals surface area (Å²) in [5, 5.41) is 3.46. The Hall–Kier alpha value is -1.96. The Bertz CT molecular complexity index is 849. The summed E-state index contributed by atoms with van der Waals surface area (Å²) in [7, 11) is 0. The maximum atomic E-state index is 12.1. The topological polar surface area (TPSA) is 41.6 Å². The molecular formula is C21H21Cl2F3N2O2. The van der Waals surface area contributed by atoms with Crippen LogP contribution in [0.1, 0.15) is 17.5 Å². The van der Waals surface area contributed by atoms with Gasteiger partial charge in [0.05, 0.1) is 12.3 Å². The number of benzene rings is 2. The van der Waals surface area contributed by atoms with Crippen LogP contribution in [-0.2, 0) is 17.9 Å². The molecule has 1 fully saturated rings. The van der Waals surface area contributed by atoms with E-state index in [0.717, 1.165) is 11.1 Å². The van der Waals surface area contributed by atoms with E-state index < -0.39 is 12.6 Å². The molecule has 2 aromatic rings. The zero-order valence-corrected chi connectivity index (χ0v) is 17.5. The predicted molar refractivity (Wildman–Crippen MR) is 110 cm³/mol. The van der Waals surface area contributed by atoms with Crippen molar-refractivity contribution in [3.05, 3.63) is 63.6 Å². The zero-order valence-electron chi connectivity index (χ0n) is 16.0. The van der Waals surface area contributed by atoms with E-state index in [1.807, 2.05) is 24.3 Å². The normalized spacial score (nSPS) is 15.0. The number of nitrogens with one attached hydrogen (secondary N) is 1. The second kappa shape index (κ2) is 9.90. The van der Waals surface area contributed by atoms with Gasteiger partial charge in [-0.1, -0.05) is 35.3 Å². The summed E-state index contributed by atoms with van der Waals surface area (Å²) in [5.74, 6) is 0.131. The van der Waals surface area contributed by atoms with Crippen LogP contribution in [0.5, 0.6) is 5.75 Å². The van der Waals surface area contributed by atoms with Crippen LogP contribution in [0.25, 0.3) is 0 Å². The number of likely N-dealkylation sites (tertiary alicyclic amines) is 1. The highest BCUT2D eigenvalue weighted by Gasteiger charge is 2.33. The second-order valence-corrected chi connectivity index (χ2v) is 8.13. The second-order valence-electron chi connectivity index (χ2n) is 7.26. The van der Waals surface area contributed by atoms with Crippen LogP contribution in [0.3, 0.4) is 0 Å². The van der Waals surface area contributed by atoms with Crippen LogP contribution in [0.4, 0.5) is 13.2 Å². The third-order valence-electron chi connectivity index (χ3n) is 4.69. The third kappa shape index (κ3) is 7.07. The number of amides is 1. The number of nitrogens with zero attached hydrogens (tertiary/aromatic N) is 1. The fourth-order valence-electron chi connectivity index (χ4n) is 3.15. The standard InChI is InChI=1S/C21H21Cl2F3N2O2/c22-17-7-15(8-18(23)9-17)13-30-19-3-1-14(2-4-19)10-28-11-16(12-28)20(29)27-6-5-21(24,25)26/h1-4,7-9,16H,5-6,10-13H2,(H,27,29). The number of hydrogen-bond acceptors (Lipinski definition) is 3. The minimum atomic E-state index is -4.25. The van der Waals surface area contributed by atoms with Crippen molar-refractivity contribution in [3.8, 4) is 5.75 Å². The number of carbonyl (C=O) groups is 1. The van der Waals surface area contributed by atoms with Gasteiger partial charge in [0.2, 0.25) is 5.91 Å². The summed E-state index contributed by atoms with van der Waals surface area (Å²) in [6.07, 6.45) is -5.26. The van der Waals surface area contributed by atoms with E-state index in [0.29, 0.717) is 42.0 Å². The summed E-state index contributed by atoms with van der Waals surface area (Å²) in [5.41, 5.74) is 1.93. The molecule has 1 saturated heterocycles. The van der Waals surface area contributed by atoms with Crippen molar-refractivity contribution in [2.45, 2.75) is 25.7 Å². The van der Waals surface area contributed by atoms with Crippen LogP contribution in [0, 0.1) is 5.92 Å². The molecule has 1 heterocycles. The van der Waals surface area contributed by atoms with Crippen molar-refractivity contribution < 1.29 is 22.7 Å². The highest BCUT2D eigenvalue weighted by Crippen LogP contribution is 2.23. The number of hydrogen-bond donors (Lipinski definition) is 1. The number of halogens is 5. The molecule has 4 nitrogen and oxygen atoms in total. The van der Waals surface area contributed by atoms with E-state index in [-0.39, 0.29) is 18.4 Å². The monoisotopic (exact) mass is 460 g/mol. The van der Waals surface area contributed by atoms with Crippen LogP contribution < -0.4 is 10.1 Å². The number of rotatable bonds is 8. The van der Waals surface area contributed by atoms with Gasteiger partial charge in [0.25, 0.3) is 0 Å². The third-order valence-corrected chi connectivity index (χ3v) is 5.13. The van der Waals surface area contributed by atoms with Crippen LogP contribution in [-0.4, -0.2) is 36.6 Å². The summed E-state index contributed by atoms with van der Waals surface area (Å²) in [4.78, 5) is 13.9. The molecule has 9 heteroatoms. The quantitative estimate of drug-likeness (QED) is 0.597. The highest BCUT2D eigenvalue weighted by molar-refractivity contribution is 6.34. The Morgan fingerprint density at radius 1 is 1.07 bits per heavy atom. The molecule has 1 amide bonds. The first-order valence-electron chi connectivity index (χ1n) is 9.41. The highest BCUT2D eigenvalue weighted by atomic mass is 35.5. The summed E-state index contributed by atoms with van der Waals surface area (Å²) in [6, 6.07) is 12.9. The van der Waals surface area contributed by atoms with Gasteiger partial charge in [0, 0.05) is 36.2 Å². The molecular weight excluding hydrogens is 440 g/mol. The van der Waals surface area contributed by atoms with Crippen molar-refractivity contribution in [3.63, 3.8) is 0 Å². The largest absolute Gasteiger partial charge is 0.489 e. The Morgan fingerprint density at radius 3 is 2.30 bits per heavy atom. The lowest BCUT2D eigenvalue weighted by Gasteiger charge is -2.38. The molecule has 0 unspecified atom stereocenters. The first-order chi connectivity index (χ1) is 14.2. The number of carbonyl (C=O) groups excluding carboxylic acids is 1. The van der Waals surface area contributed by atoms with Gasteiger partial charge >= 0.3 is 6.18 Å². The molecule has 0 aromatic heterocycles. The molecule has 3 rings (SSSR count). The summed E-state index contributed by atoms with van der Waals surface area (Å²) in [6.45, 7) is 1.70. The molecule has 162 valence electrons. The zero-order chi connectivity index (χ0) is 21.7. The Morgan fingerprint density at radius 2 is 1.70 bits per heavy atom. The smallest absolute Gasteiger partial charge is 0.390 e. The maximum Gasteiger partial charge on any atom is 0.390 e. The van der Waals surface area contributed by atoms with Gasteiger partial charge in [-0.3, -0.25) is 9.69 Å². The van der Waals surface area contributed by atoms with Gasteiger partial charge in [-0.2, -0.15) is 13.2 Å². The molecule has 1 aliphatic heterocycles. The van der Waals surface area contributed by atoms with Crippen LogP contribution in [0.2, 0.25) is 10.0 Å². The molecule has 1 N–H and O–H groups in total. The maximum absolute atomic E-state index is 12.1. The fourth-order valence-corrected chi connectivity index (χ4v) is 3.72. The molecule has 0 radical (unpaired) electrons. The molecule has 2 aromatic carbocycles. The van der Waals surface area contributed by atoms with Gasteiger partial charge in [-0.25, -0.2) is 0 Å². The minimum Gasteiger partial charge on any atom is -0.489 e. The van der Waals surface area contributed by atoms with E-state index in [4.69, 9.17) is 27.9 Å². The SMILES string of the molecule is O=C(NCCC(F)(F)F)C1CN(Cc2ccc(OCc3cc(Cl)cc(Cl)c3)cc2)C1. The van der Waals surface area contributed by atoms with Gasteiger partial charge in [0.15, 0.2) is 0 Å². The molecule has 30 heavy (non-hydrogen) atoms. The lowest BCUT2D eigenvalue weighted by molar-refractivity contribution is -0.138. The molecule has 0 atom stereocenters. The Balaban J connectivity index is 1.39. The van der Waals surface area contributed by atoms with Gasteiger partial charge in [-0.15, -0.1) is 0 Å². The fraction of sp³-hybridized carbons (Fsp3) is 0.381. The van der Waals surface area contributed by atoms with Crippen molar-refractivity contribution in [2.75, 3.05) is 19.6 Å². The average Bonchev–Trinajstić information content (AvgIpc) is 2.61. The van der Waals surface area contributed by atoms with Crippen molar-refractivity contribution in [2.24, 2.45) is 5.92 Å². The predicted octanol–water partition coefficient (Wildman–Crippen LogP) is 5.07. The van der Waals surface area contributed by atoms with Gasteiger partial charge in [0.1, 0.15) is 12.4 Å². The van der Waals surface area contributed by atoms with E-state index in [9.17, 15) is 18.0 Å². The Kier molecular flexibility index (Phi) is 7.50. The van der Waals surface area contributed by atoms with Gasteiger partial charge in [-0.05, 0) is 41.5 Å². The van der Waals surface area contributed by atoms with E-state index >= 15 is 0 Å². The molecule has 1 aliphatic rings. The minimum absolute atomic E-state index is 0.259. The lowest BCUT2D eigenvalue weighted by Crippen LogP contribution is -2.53. The molecule has 0 aliphatic carbocycles. The number of ether oxygens (including phenoxy) is 1. The molecule has 0 bridgehead atoms. The van der Waals surface area contributed by atoms with Crippen LogP contribution >= 0.6 is 23.2 Å². The van der Waals surface area contributed by atoms with Crippen molar-refractivity contribution >= 4 is 29.1 Å². The first kappa shape index (κ1) is 22.7. The summed E-state index contributed by atoms with van der Waals surface area (Å²) < 4.78 is 42.1. The van der Waals surface area contributed by atoms with E-state index in [2.05, 4.69) is 10.2 Å². The van der Waals surface area contributed by atoms with Crippen LogP contribution in [0.15, 0.2) is 42.5 Å². The van der Waals surface area contributed by atoms with E-state index in [1.165, 1.54) is 0 Å². The lowest BCUT2D eigenvalue weighted by atomic mass is 9.98.